The Kier molecular flexibility index (Phi) is 4.47. The lowest BCUT2D eigenvalue weighted by molar-refractivity contribution is 0.402. The van der Waals surface area contributed by atoms with Crippen LogP contribution in [0.1, 0.15) is 22.7 Å². The van der Waals surface area contributed by atoms with Crippen molar-refractivity contribution in [1.29, 1.82) is 0 Å². The molecule has 0 aliphatic rings. The van der Waals surface area contributed by atoms with E-state index in [1.54, 1.807) is 0 Å². The van der Waals surface area contributed by atoms with Crippen LogP contribution in [0.15, 0.2) is 42.5 Å². The molecule has 20 heavy (non-hydrogen) atoms. The van der Waals surface area contributed by atoms with Crippen molar-refractivity contribution in [2.75, 3.05) is 14.1 Å². The van der Waals surface area contributed by atoms with Crippen molar-refractivity contribution >= 4 is 0 Å². The predicted molar refractivity (Wildman–Crippen MR) is 76.2 cm³/mol. The molecular formula is C16H18F2N2. The van der Waals surface area contributed by atoms with Crippen LogP contribution in [-0.4, -0.2) is 19.0 Å². The minimum Gasteiger partial charge on any atom is -0.320 e. The van der Waals surface area contributed by atoms with E-state index in [9.17, 15) is 8.78 Å². The molecule has 1 atom stereocenters. The summed E-state index contributed by atoms with van der Waals surface area (Å²) >= 11 is 0. The molecule has 0 radical (unpaired) electrons. The van der Waals surface area contributed by atoms with Gasteiger partial charge in [0, 0.05) is 6.54 Å². The molecule has 1 unspecified atom stereocenters. The summed E-state index contributed by atoms with van der Waals surface area (Å²) in [6.07, 6.45) is 0. The Morgan fingerprint density at radius 3 is 2.35 bits per heavy atom. The molecule has 0 fully saturated rings. The van der Waals surface area contributed by atoms with Gasteiger partial charge in [0.2, 0.25) is 0 Å². The molecule has 106 valence electrons. The van der Waals surface area contributed by atoms with Gasteiger partial charge < -0.3 is 10.6 Å². The predicted octanol–water partition coefficient (Wildman–Crippen LogP) is 3.07. The fourth-order valence-electron chi connectivity index (χ4n) is 2.15. The molecule has 0 aromatic heterocycles. The van der Waals surface area contributed by atoms with Gasteiger partial charge in [0.25, 0.3) is 0 Å². The standard InChI is InChI=1S/C16H18F2N2/c1-20(2)10-11-4-3-5-12(8-11)16(19)13-6-7-14(17)15(18)9-13/h3-9,16H,10,19H2,1-2H3. The average Bonchev–Trinajstić information content (AvgIpc) is 2.40. The second-order valence-corrected chi connectivity index (χ2v) is 5.13. The molecule has 0 aliphatic carbocycles. The molecule has 0 amide bonds. The first-order valence-electron chi connectivity index (χ1n) is 6.41. The zero-order valence-corrected chi connectivity index (χ0v) is 11.6. The highest BCUT2D eigenvalue weighted by Gasteiger charge is 2.12. The normalized spacial score (nSPS) is 12.7. The van der Waals surface area contributed by atoms with E-state index in [0.29, 0.717) is 5.56 Å². The zero-order valence-electron chi connectivity index (χ0n) is 11.6. The first kappa shape index (κ1) is 14.6. The molecule has 0 bridgehead atoms. The van der Waals surface area contributed by atoms with Crippen LogP contribution in [0.5, 0.6) is 0 Å². The summed E-state index contributed by atoms with van der Waals surface area (Å²) in [5, 5.41) is 0. The molecule has 2 aromatic carbocycles. The van der Waals surface area contributed by atoms with Gasteiger partial charge in [-0.3, -0.25) is 0 Å². The largest absolute Gasteiger partial charge is 0.320 e. The van der Waals surface area contributed by atoms with Gasteiger partial charge in [-0.15, -0.1) is 0 Å². The van der Waals surface area contributed by atoms with E-state index in [1.165, 1.54) is 6.07 Å². The Bertz CT molecular complexity index is 597. The van der Waals surface area contributed by atoms with Gasteiger partial charge in [0.05, 0.1) is 6.04 Å². The lowest BCUT2D eigenvalue weighted by Crippen LogP contribution is -2.14. The van der Waals surface area contributed by atoms with Crippen LogP contribution < -0.4 is 5.73 Å². The van der Waals surface area contributed by atoms with E-state index in [4.69, 9.17) is 5.73 Å². The van der Waals surface area contributed by atoms with Gasteiger partial charge in [-0.25, -0.2) is 8.78 Å². The van der Waals surface area contributed by atoms with Crippen LogP contribution in [0.25, 0.3) is 0 Å². The maximum Gasteiger partial charge on any atom is 0.159 e. The molecule has 0 saturated carbocycles. The lowest BCUT2D eigenvalue weighted by Gasteiger charge is -2.15. The van der Waals surface area contributed by atoms with Gasteiger partial charge in [0.1, 0.15) is 0 Å². The zero-order chi connectivity index (χ0) is 14.7. The highest BCUT2D eigenvalue weighted by molar-refractivity contribution is 5.34. The fourth-order valence-corrected chi connectivity index (χ4v) is 2.15. The van der Waals surface area contributed by atoms with Crippen molar-refractivity contribution in [3.8, 4) is 0 Å². The van der Waals surface area contributed by atoms with Gasteiger partial charge >= 0.3 is 0 Å². The first-order chi connectivity index (χ1) is 9.47. The Labute approximate surface area is 117 Å². The van der Waals surface area contributed by atoms with E-state index < -0.39 is 17.7 Å². The number of benzene rings is 2. The van der Waals surface area contributed by atoms with Crippen LogP contribution in [0.4, 0.5) is 8.78 Å². The van der Waals surface area contributed by atoms with Crippen LogP contribution >= 0.6 is 0 Å². The lowest BCUT2D eigenvalue weighted by atomic mass is 9.97. The van der Waals surface area contributed by atoms with Crippen LogP contribution in [0, 0.1) is 11.6 Å². The van der Waals surface area contributed by atoms with E-state index in [1.807, 2.05) is 38.4 Å². The molecule has 0 heterocycles. The highest BCUT2D eigenvalue weighted by Crippen LogP contribution is 2.22. The van der Waals surface area contributed by atoms with Crippen molar-refractivity contribution in [3.63, 3.8) is 0 Å². The third-order valence-corrected chi connectivity index (χ3v) is 3.11. The molecule has 0 saturated heterocycles. The second-order valence-electron chi connectivity index (χ2n) is 5.13. The Hall–Kier alpha value is -1.78. The van der Waals surface area contributed by atoms with Gasteiger partial charge in [0.15, 0.2) is 11.6 Å². The molecule has 0 aliphatic heterocycles. The smallest absolute Gasteiger partial charge is 0.159 e. The minimum absolute atomic E-state index is 0.466. The third-order valence-electron chi connectivity index (χ3n) is 3.11. The summed E-state index contributed by atoms with van der Waals surface area (Å²) in [5.74, 6) is -1.73. The number of halogens is 2. The molecule has 2 N–H and O–H groups in total. The van der Waals surface area contributed by atoms with Crippen molar-refractivity contribution in [3.05, 3.63) is 70.8 Å². The van der Waals surface area contributed by atoms with Crippen LogP contribution in [0.2, 0.25) is 0 Å². The first-order valence-corrected chi connectivity index (χ1v) is 6.41. The number of hydrogen-bond donors (Lipinski definition) is 1. The third kappa shape index (κ3) is 3.40. The number of rotatable bonds is 4. The highest BCUT2D eigenvalue weighted by atomic mass is 19.2. The molecule has 2 aromatic rings. The van der Waals surface area contributed by atoms with Crippen molar-refractivity contribution in [2.45, 2.75) is 12.6 Å². The van der Waals surface area contributed by atoms with E-state index in [-0.39, 0.29) is 0 Å². The van der Waals surface area contributed by atoms with E-state index >= 15 is 0 Å². The average molecular weight is 276 g/mol. The summed E-state index contributed by atoms with van der Waals surface area (Å²) in [6, 6.07) is 11.1. The SMILES string of the molecule is CN(C)Cc1cccc(C(N)c2ccc(F)c(F)c2)c1. The molecule has 4 heteroatoms. The van der Waals surface area contributed by atoms with Gasteiger partial charge in [-0.05, 0) is 42.9 Å². The van der Waals surface area contributed by atoms with E-state index in [0.717, 1.165) is 29.8 Å². The Morgan fingerprint density at radius 2 is 1.70 bits per heavy atom. The van der Waals surface area contributed by atoms with Crippen molar-refractivity contribution < 1.29 is 8.78 Å². The van der Waals surface area contributed by atoms with Crippen LogP contribution in [0.3, 0.4) is 0 Å². The van der Waals surface area contributed by atoms with Gasteiger partial charge in [-0.2, -0.15) is 0 Å². The quantitative estimate of drug-likeness (QED) is 0.930. The summed E-state index contributed by atoms with van der Waals surface area (Å²) in [7, 11) is 3.98. The minimum atomic E-state index is -0.873. The number of nitrogens with two attached hydrogens (primary N) is 1. The Morgan fingerprint density at radius 1 is 1.00 bits per heavy atom. The monoisotopic (exact) mass is 276 g/mol. The Balaban J connectivity index is 2.28. The van der Waals surface area contributed by atoms with Crippen LogP contribution in [-0.2, 0) is 6.54 Å². The molecule has 2 rings (SSSR count). The molecule has 0 spiro atoms. The van der Waals surface area contributed by atoms with Gasteiger partial charge in [-0.1, -0.05) is 30.3 Å². The summed E-state index contributed by atoms with van der Waals surface area (Å²) in [5.41, 5.74) is 8.71. The second kappa shape index (κ2) is 6.11. The summed E-state index contributed by atoms with van der Waals surface area (Å²) < 4.78 is 26.2. The maximum atomic E-state index is 13.3. The molecule has 2 nitrogen and oxygen atoms in total. The summed E-state index contributed by atoms with van der Waals surface area (Å²) in [4.78, 5) is 2.06. The molecular weight excluding hydrogens is 258 g/mol. The van der Waals surface area contributed by atoms with Crippen molar-refractivity contribution in [2.24, 2.45) is 5.73 Å². The maximum absolute atomic E-state index is 13.3. The fraction of sp³-hybridized carbons (Fsp3) is 0.250. The van der Waals surface area contributed by atoms with Crippen molar-refractivity contribution in [1.82, 2.24) is 4.90 Å². The van der Waals surface area contributed by atoms with E-state index in [2.05, 4.69) is 4.90 Å². The number of nitrogens with zero attached hydrogens (tertiary/aromatic N) is 1. The summed E-state index contributed by atoms with van der Waals surface area (Å²) in [6.45, 7) is 0.804. The number of hydrogen-bond acceptors (Lipinski definition) is 2. The topological polar surface area (TPSA) is 29.3 Å².